The molecule has 1 aliphatic heterocycles. The minimum atomic E-state index is -3.26. The highest BCUT2D eigenvalue weighted by atomic mass is 31.2. The van der Waals surface area contributed by atoms with E-state index in [2.05, 4.69) is 9.97 Å². The Morgan fingerprint density at radius 2 is 1.65 bits per heavy atom. The van der Waals surface area contributed by atoms with Gasteiger partial charge in [-0.2, -0.15) is 0 Å². The van der Waals surface area contributed by atoms with Gasteiger partial charge in [0.2, 0.25) is 5.88 Å². The van der Waals surface area contributed by atoms with E-state index >= 15 is 0 Å². The maximum absolute atomic E-state index is 14.9. The van der Waals surface area contributed by atoms with Crippen molar-refractivity contribution in [2.45, 2.75) is 6.92 Å². The first-order valence-electron chi connectivity index (χ1n) is 11.9. The van der Waals surface area contributed by atoms with Gasteiger partial charge in [-0.1, -0.05) is 54.5 Å². The number of ether oxygens (including phenoxy) is 1. The lowest BCUT2D eigenvalue weighted by Gasteiger charge is -2.16. The molecule has 4 nitrogen and oxygen atoms in total. The van der Waals surface area contributed by atoms with Crippen molar-refractivity contribution in [2.75, 3.05) is 0 Å². The lowest BCUT2D eigenvalue weighted by Crippen LogP contribution is -2.23. The molecule has 0 radical (unpaired) electrons. The number of aromatic nitrogens is 2. The first-order chi connectivity index (χ1) is 17.4. The molecule has 1 unspecified atom stereocenters. The number of hydrogen-bond acceptors (Lipinski definition) is 4. The van der Waals surface area contributed by atoms with Crippen molar-refractivity contribution in [3.8, 4) is 33.9 Å². The van der Waals surface area contributed by atoms with Gasteiger partial charge in [0.15, 0.2) is 7.14 Å². The normalized spacial score (nSPS) is 16.9. The SMILES string of the molecule is [2H]c1cc(Oc2ccccn2)cc(-c2ccc3c(c2)P(=O)(c2cc(C)ccn2)c2ccc([2H])cc2-3)c1. The third-order valence-corrected chi connectivity index (χ3v) is 8.99. The molecule has 2 aromatic heterocycles. The first-order valence-corrected chi connectivity index (χ1v) is 12.6. The number of benzene rings is 3. The van der Waals surface area contributed by atoms with Gasteiger partial charge < -0.3 is 9.30 Å². The molecule has 0 aliphatic carbocycles. The Morgan fingerprint density at radius 3 is 2.50 bits per heavy atom. The zero-order valence-electron chi connectivity index (χ0n) is 20.4. The van der Waals surface area contributed by atoms with Crippen LogP contribution in [0.5, 0.6) is 11.6 Å². The average molecular weight is 462 g/mol. The average Bonchev–Trinajstić information content (AvgIpc) is 3.12. The van der Waals surface area contributed by atoms with Gasteiger partial charge in [0.05, 0.1) is 2.74 Å². The summed E-state index contributed by atoms with van der Waals surface area (Å²) in [5, 5.41) is 1.40. The predicted molar refractivity (Wildman–Crippen MR) is 137 cm³/mol. The van der Waals surface area contributed by atoms with Crippen LogP contribution in [0.1, 0.15) is 8.30 Å². The van der Waals surface area contributed by atoms with Gasteiger partial charge in [-0.25, -0.2) is 4.98 Å². The summed E-state index contributed by atoms with van der Waals surface area (Å²) in [6.07, 6.45) is 3.34. The van der Waals surface area contributed by atoms with E-state index in [1.165, 1.54) is 0 Å². The second-order valence-corrected chi connectivity index (χ2v) is 10.8. The summed E-state index contributed by atoms with van der Waals surface area (Å²) in [5.74, 6) is 0.946. The molecule has 0 amide bonds. The molecule has 5 heteroatoms. The van der Waals surface area contributed by atoms with Crippen molar-refractivity contribution in [1.29, 1.82) is 0 Å². The van der Waals surface area contributed by atoms with Gasteiger partial charge >= 0.3 is 0 Å². The van der Waals surface area contributed by atoms with E-state index in [0.29, 0.717) is 39.8 Å². The Bertz CT molecular complexity index is 1690. The molecule has 164 valence electrons. The molecule has 5 aromatic rings. The van der Waals surface area contributed by atoms with E-state index in [1.807, 2.05) is 55.5 Å². The molecule has 3 aromatic carbocycles. The van der Waals surface area contributed by atoms with Crippen LogP contribution < -0.4 is 20.8 Å². The highest BCUT2D eigenvalue weighted by Gasteiger charge is 2.41. The molecule has 34 heavy (non-hydrogen) atoms. The number of pyridine rings is 2. The van der Waals surface area contributed by atoms with Gasteiger partial charge in [-0.05, 0) is 71.1 Å². The van der Waals surface area contributed by atoms with Gasteiger partial charge in [0.1, 0.15) is 11.2 Å². The van der Waals surface area contributed by atoms with Crippen molar-refractivity contribution in [3.05, 3.63) is 115 Å². The fourth-order valence-corrected chi connectivity index (χ4v) is 7.42. The third-order valence-electron chi connectivity index (χ3n) is 5.99. The van der Waals surface area contributed by atoms with Crippen LogP contribution in [0.2, 0.25) is 0 Å². The summed E-state index contributed by atoms with van der Waals surface area (Å²) in [6, 6.07) is 26.2. The van der Waals surface area contributed by atoms with E-state index < -0.39 is 7.14 Å². The summed E-state index contributed by atoms with van der Waals surface area (Å²) in [5.41, 5.74) is 4.77. The maximum atomic E-state index is 14.9. The molecule has 1 atom stereocenters. The molecular formula is C29H21N2O2P. The standard InChI is InChI=1S/C29H21N2O2P/c1-20-14-16-31-29(17-20)34(32)26-10-3-2-9-24(26)25-13-12-22(19-27(25)34)21-7-6-8-23(18-21)33-28-11-4-5-15-30-28/h2-19H,1H3/i2D,6D. The van der Waals surface area contributed by atoms with Crippen LogP contribution in [-0.4, -0.2) is 9.97 Å². The Kier molecular flexibility index (Phi) is 4.38. The van der Waals surface area contributed by atoms with E-state index in [-0.39, 0.29) is 0 Å². The molecule has 0 spiro atoms. The third kappa shape index (κ3) is 3.35. The number of hydrogen-bond donors (Lipinski definition) is 0. The zero-order valence-corrected chi connectivity index (χ0v) is 19.3. The number of rotatable bonds is 4. The summed E-state index contributed by atoms with van der Waals surface area (Å²) in [4.78, 5) is 8.72. The fourth-order valence-electron chi connectivity index (χ4n) is 4.39. The monoisotopic (exact) mass is 462 g/mol. The molecule has 0 saturated carbocycles. The quantitative estimate of drug-likeness (QED) is 0.308. The minimum absolute atomic E-state index is 0.296. The Balaban J connectivity index is 1.51. The van der Waals surface area contributed by atoms with E-state index in [0.717, 1.165) is 27.8 Å². The topological polar surface area (TPSA) is 52.1 Å². The summed E-state index contributed by atoms with van der Waals surface area (Å²) >= 11 is 0. The fraction of sp³-hybridized carbons (Fsp3) is 0.0345. The number of aryl methyl sites for hydroxylation is 1. The Hall–Kier alpha value is -4.01. The molecule has 0 fully saturated rings. The van der Waals surface area contributed by atoms with Gasteiger partial charge in [0, 0.05) is 29.1 Å². The second-order valence-electron chi connectivity index (χ2n) is 8.20. The van der Waals surface area contributed by atoms with Crippen LogP contribution in [-0.2, 0) is 4.57 Å². The van der Waals surface area contributed by atoms with E-state index in [4.69, 9.17) is 7.48 Å². The molecule has 0 N–H and O–H groups in total. The largest absolute Gasteiger partial charge is 0.439 e. The van der Waals surface area contributed by atoms with Gasteiger partial charge in [0.25, 0.3) is 0 Å². The molecule has 3 heterocycles. The second kappa shape index (κ2) is 8.09. The molecule has 0 saturated heterocycles. The van der Waals surface area contributed by atoms with E-state index in [9.17, 15) is 4.57 Å². The van der Waals surface area contributed by atoms with Crippen molar-refractivity contribution in [2.24, 2.45) is 0 Å². The summed E-state index contributed by atoms with van der Waals surface area (Å²) < 4.78 is 37.2. The Labute approximate surface area is 201 Å². The van der Waals surface area contributed by atoms with Crippen LogP contribution in [0.15, 0.2) is 109 Å². The van der Waals surface area contributed by atoms with E-state index in [1.54, 1.807) is 48.8 Å². The van der Waals surface area contributed by atoms with Crippen molar-refractivity contribution in [3.63, 3.8) is 0 Å². The number of nitrogens with zero attached hydrogens (tertiary/aromatic N) is 2. The highest BCUT2D eigenvalue weighted by molar-refractivity contribution is 7.86. The minimum Gasteiger partial charge on any atom is -0.439 e. The summed E-state index contributed by atoms with van der Waals surface area (Å²) in [7, 11) is -3.26. The van der Waals surface area contributed by atoms with Crippen molar-refractivity contribution < 1.29 is 12.0 Å². The van der Waals surface area contributed by atoms with Crippen LogP contribution in [0.4, 0.5) is 0 Å². The smallest absolute Gasteiger partial charge is 0.219 e. The van der Waals surface area contributed by atoms with Crippen LogP contribution in [0.25, 0.3) is 22.3 Å². The maximum Gasteiger partial charge on any atom is 0.219 e. The lowest BCUT2D eigenvalue weighted by molar-refractivity contribution is 0.463. The Morgan fingerprint density at radius 1 is 0.765 bits per heavy atom. The summed E-state index contributed by atoms with van der Waals surface area (Å²) in [6.45, 7) is 1.96. The van der Waals surface area contributed by atoms with Crippen LogP contribution >= 0.6 is 7.14 Å². The molecule has 6 rings (SSSR count). The van der Waals surface area contributed by atoms with Crippen molar-refractivity contribution in [1.82, 2.24) is 9.97 Å². The van der Waals surface area contributed by atoms with Crippen molar-refractivity contribution >= 4 is 23.2 Å². The predicted octanol–water partition coefficient (Wildman–Crippen LogP) is 5.86. The zero-order chi connectivity index (χ0) is 24.9. The molecule has 0 bridgehead atoms. The first kappa shape index (κ1) is 18.4. The number of fused-ring (bicyclic) bond motifs is 3. The lowest BCUT2D eigenvalue weighted by atomic mass is 10.0. The highest BCUT2D eigenvalue weighted by Crippen LogP contribution is 2.52. The van der Waals surface area contributed by atoms with Crippen LogP contribution in [0, 0.1) is 6.92 Å². The van der Waals surface area contributed by atoms with Gasteiger partial charge in [-0.3, -0.25) is 4.98 Å². The van der Waals surface area contributed by atoms with Crippen LogP contribution in [0.3, 0.4) is 0 Å². The molecule has 1 aliphatic rings. The van der Waals surface area contributed by atoms with Gasteiger partial charge in [-0.15, -0.1) is 0 Å². The molecular weight excluding hydrogens is 439 g/mol.